The van der Waals surface area contributed by atoms with E-state index >= 15 is 0 Å². The number of carboxylic acid groups (broad SMARTS) is 1. The fourth-order valence-corrected chi connectivity index (χ4v) is 2.48. The van der Waals surface area contributed by atoms with E-state index in [0.29, 0.717) is 19.1 Å². The number of ether oxygens (including phenoxy) is 1. The average Bonchev–Trinajstić information content (AvgIpc) is 2.86. The molecule has 0 unspecified atom stereocenters. The van der Waals surface area contributed by atoms with Gasteiger partial charge in [-0.1, -0.05) is 26.0 Å². The van der Waals surface area contributed by atoms with Crippen molar-refractivity contribution in [1.29, 1.82) is 0 Å². The lowest BCUT2D eigenvalue weighted by atomic mass is 10.1. The van der Waals surface area contributed by atoms with Crippen LogP contribution in [-0.4, -0.2) is 35.2 Å². The highest BCUT2D eigenvalue weighted by Gasteiger charge is 2.30. The number of nitrogens with zero attached hydrogens (tertiary/aromatic N) is 1. The molecule has 20 heavy (non-hydrogen) atoms. The first kappa shape index (κ1) is 14.9. The van der Waals surface area contributed by atoms with Crippen LogP contribution in [0.15, 0.2) is 24.3 Å². The van der Waals surface area contributed by atoms with Gasteiger partial charge in [0.2, 0.25) is 0 Å². The molecule has 0 amide bonds. The quantitative estimate of drug-likeness (QED) is 0.868. The smallest absolute Gasteiger partial charge is 0.320 e. The first-order valence-electron chi connectivity index (χ1n) is 7.25. The summed E-state index contributed by atoms with van der Waals surface area (Å²) in [6, 6.07) is 7.64. The summed E-state index contributed by atoms with van der Waals surface area (Å²) in [4.78, 5) is 13.2. The van der Waals surface area contributed by atoms with Crippen LogP contribution in [0.1, 0.15) is 32.3 Å². The monoisotopic (exact) mass is 277 g/mol. The molecule has 1 aliphatic rings. The van der Waals surface area contributed by atoms with Crippen LogP contribution < -0.4 is 4.74 Å². The van der Waals surface area contributed by atoms with Gasteiger partial charge >= 0.3 is 5.97 Å². The maximum atomic E-state index is 11.1. The van der Waals surface area contributed by atoms with Crippen LogP contribution >= 0.6 is 0 Å². The van der Waals surface area contributed by atoms with Gasteiger partial charge in [-0.25, -0.2) is 0 Å². The highest BCUT2D eigenvalue weighted by molar-refractivity contribution is 5.73. The summed E-state index contributed by atoms with van der Waals surface area (Å²) in [5, 5.41) is 9.17. The molecule has 1 fully saturated rings. The van der Waals surface area contributed by atoms with Crippen LogP contribution in [0, 0.1) is 5.92 Å². The van der Waals surface area contributed by atoms with E-state index in [2.05, 4.69) is 13.8 Å². The molecule has 4 nitrogen and oxygen atoms in total. The number of hydrogen-bond acceptors (Lipinski definition) is 3. The second kappa shape index (κ2) is 6.75. The zero-order valence-electron chi connectivity index (χ0n) is 12.2. The van der Waals surface area contributed by atoms with Crippen LogP contribution in [0.4, 0.5) is 0 Å². The van der Waals surface area contributed by atoms with Gasteiger partial charge in [0.25, 0.3) is 0 Å². The molecule has 110 valence electrons. The third-order valence-electron chi connectivity index (χ3n) is 3.54. The number of hydrogen-bond donors (Lipinski definition) is 1. The highest BCUT2D eigenvalue weighted by Crippen LogP contribution is 2.21. The Labute approximate surface area is 120 Å². The molecule has 0 aromatic heterocycles. The minimum Gasteiger partial charge on any atom is -0.493 e. The van der Waals surface area contributed by atoms with Gasteiger partial charge in [-0.05, 0) is 43.0 Å². The molecule has 2 rings (SSSR count). The Hall–Kier alpha value is -1.55. The fourth-order valence-electron chi connectivity index (χ4n) is 2.48. The van der Waals surface area contributed by atoms with Gasteiger partial charge in [-0.3, -0.25) is 9.69 Å². The van der Waals surface area contributed by atoms with Crippen molar-refractivity contribution in [3.63, 3.8) is 0 Å². The van der Waals surface area contributed by atoms with Crippen molar-refractivity contribution in [1.82, 2.24) is 4.90 Å². The molecule has 0 bridgehead atoms. The van der Waals surface area contributed by atoms with Crippen LogP contribution in [0.2, 0.25) is 0 Å². The molecule has 0 aliphatic carbocycles. The fraction of sp³-hybridized carbons (Fsp3) is 0.562. The van der Waals surface area contributed by atoms with Crippen molar-refractivity contribution in [2.75, 3.05) is 13.2 Å². The Morgan fingerprint density at radius 2 is 2.10 bits per heavy atom. The summed E-state index contributed by atoms with van der Waals surface area (Å²) in [7, 11) is 0. The van der Waals surface area contributed by atoms with E-state index in [9.17, 15) is 4.79 Å². The van der Waals surface area contributed by atoms with Crippen molar-refractivity contribution in [2.45, 2.75) is 39.3 Å². The second-order valence-corrected chi connectivity index (χ2v) is 5.82. The molecular formula is C16H23NO3. The molecule has 1 aromatic carbocycles. The lowest BCUT2D eigenvalue weighted by Crippen LogP contribution is -2.35. The number of carbonyl (C=O) groups is 1. The van der Waals surface area contributed by atoms with Gasteiger partial charge in [0.1, 0.15) is 11.8 Å². The molecule has 0 saturated carbocycles. The van der Waals surface area contributed by atoms with Gasteiger partial charge in [-0.15, -0.1) is 0 Å². The van der Waals surface area contributed by atoms with Crippen molar-refractivity contribution < 1.29 is 14.6 Å². The predicted molar refractivity (Wildman–Crippen MR) is 77.8 cm³/mol. The maximum absolute atomic E-state index is 11.1. The molecule has 1 aliphatic heterocycles. The first-order chi connectivity index (χ1) is 9.56. The first-order valence-corrected chi connectivity index (χ1v) is 7.25. The summed E-state index contributed by atoms with van der Waals surface area (Å²) in [6.07, 6.45) is 1.72. The van der Waals surface area contributed by atoms with E-state index in [0.717, 1.165) is 30.7 Å². The van der Waals surface area contributed by atoms with E-state index in [-0.39, 0.29) is 6.04 Å². The lowest BCUT2D eigenvalue weighted by molar-refractivity contribution is -0.142. The third-order valence-corrected chi connectivity index (χ3v) is 3.54. The van der Waals surface area contributed by atoms with Crippen LogP contribution in [0.25, 0.3) is 0 Å². The van der Waals surface area contributed by atoms with Crippen molar-refractivity contribution >= 4 is 5.97 Å². The Bertz CT molecular complexity index is 442. The molecule has 1 N–H and O–H groups in total. The van der Waals surface area contributed by atoms with Gasteiger partial charge in [-0.2, -0.15) is 0 Å². The van der Waals surface area contributed by atoms with Crippen molar-refractivity contribution in [2.24, 2.45) is 5.92 Å². The van der Waals surface area contributed by atoms with Crippen molar-refractivity contribution in [3.8, 4) is 5.75 Å². The van der Waals surface area contributed by atoms with Gasteiger partial charge in [0.15, 0.2) is 0 Å². The molecule has 0 spiro atoms. The second-order valence-electron chi connectivity index (χ2n) is 5.82. The molecule has 4 heteroatoms. The molecule has 0 radical (unpaired) electrons. The average molecular weight is 277 g/mol. The van der Waals surface area contributed by atoms with E-state index in [4.69, 9.17) is 9.84 Å². The SMILES string of the molecule is CC(C)COc1ccc(CN2CCC[C@@H]2C(=O)O)cc1. The number of likely N-dealkylation sites (tertiary alicyclic amines) is 1. The van der Waals surface area contributed by atoms with Crippen LogP contribution in [-0.2, 0) is 11.3 Å². The largest absolute Gasteiger partial charge is 0.493 e. The molecule has 1 atom stereocenters. The van der Waals surface area contributed by atoms with E-state index in [1.54, 1.807) is 0 Å². The summed E-state index contributed by atoms with van der Waals surface area (Å²) >= 11 is 0. The number of aliphatic carboxylic acids is 1. The molecule has 1 heterocycles. The van der Waals surface area contributed by atoms with Gasteiger partial charge < -0.3 is 9.84 Å². The Balaban J connectivity index is 1.91. The minimum absolute atomic E-state index is 0.327. The van der Waals surface area contributed by atoms with Gasteiger partial charge in [0.05, 0.1) is 6.61 Å². The number of benzene rings is 1. The zero-order valence-corrected chi connectivity index (χ0v) is 12.2. The minimum atomic E-state index is -0.709. The van der Waals surface area contributed by atoms with E-state index in [1.807, 2.05) is 29.2 Å². The van der Waals surface area contributed by atoms with Crippen LogP contribution in [0.5, 0.6) is 5.75 Å². The van der Waals surface area contributed by atoms with Gasteiger partial charge in [0, 0.05) is 6.54 Å². The maximum Gasteiger partial charge on any atom is 0.320 e. The highest BCUT2D eigenvalue weighted by atomic mass is 16.5. The van der Waals surface area contributed by atoms with Crippen LogP contribution in [0.3, 0.4) is 0 Å². The lowest BCUT2D eigenvalue weighted by Gasteiger charge is -2.21. The van der Waals surface area contributed by atoms with E-state index in [1.165, 1.54) is 0 Å². The summed E-state index contributed by atoms with van der Waals surface area (Å²) in [5.41, 5.74) is 1.13. The summed E-state index contributed by atoms with van der Waals surface area (Å²) in [6.45, 7) is 6.51. The summed E-state index contributed by atoms with van der Waals surface area (Å²) < 4.78 is 5.64. The molecule has 1 aromatic rings. The Kier molecular flexibility index (Phi) is 5.01. The molecule has 1 saturated heterocycles. The number of carboxylic acids is 1. The predicted octanol–water partition coefficient (Wildman–Crippen LogP) is 2.77. The number of rotatable bonds is 6. The third kappa shape index (κ3) is 3.97. The zero-order chi connectivity index (χ0) is 14.5. The standard InChI is InChI=1S/C16H23NO3/c1-12(2)11-20-14-7-5-13(6-8-14)10-17-9-3-4-15(17)16(18)19/h5-8,12,15H,3-4,9-11H2,1-2H3,(H,18,19)/t15-/m1/s1. The normalized spacial score (nSPS) is 19.4. The Morgan fingerprint density at radius 3 is 2.70 bits per heavy atom. The van der Waals surface area contributed by atoms with Crippen molar-refractivity contribution in [3.05, 3.63) is 29.8 Å². The Morgan fingerprint density at radius 1 is 1.40 bits per heavy atom. The summed E-state index contributed by atoms with van der Waals surface area (Å²) in [5.74, 6) is 0.675. The molecular weight excluding hydrogens is 254 g/mol. The van der Waals surface area contributed by atoms with E-state index < -0.39 is 5.97 Å². The topological polar surface area (TPSA) is 49.8 Å².